The van der Waals surface area contributed by atoms with Crippen molar-refractivity contribution >= 4 is 17.7 Å². The summed E-state index contributed by atoms with van der Waals surface area (Å²) in [5, 5.41) is 1.84. The summed E-state index contributed by atoms with van der Waals surface area (Å²) in [6.07, 6.45) is -5.22. The molecule has 0 atom stereocenters. The largest absolute Gasteiger partial charge is 0.471 e. The predicted molar refractivity (Wildman–Crippen MR) is 94.4 cm³/mol. The summed E-state index contributed by atoms with van der Waals surface area (Å²) in [6.45, 7) is 7.58. The SMILES string of the molecule is CC(C)(C)OC(=O)N1CCN(c2ccc(CNC(=O)C(F)(F)F)cc2)CC1. The lowest BCUT2D eigenvalue weighted by Crippen LogP contribution is -2.50. The zero-order chi connectivity index (χ0) is 20.2. The van der Waals surface area contributed by atoms with Crippen LogP contribution in [0, 0.1) is 0 Å². The number of piperazine rings is 1. The summed E-state index contributed by atoms with van der Waals surface area (Å²) in [6, 6.07) is 6.93. The second kappa shape index (κ2) is 8.06. The zero-order valence-electron chi connectivity index (χ0n) is 15.6. The number of nitrogens with zero attached hydrogens (tertiary/aromatic N) is 2. The highest BCUT2D eigenvalue weighted by molar-refractivity contribution is 5.81. The van der Waals surface area contributed by atoms with Gasteiger partial charge >= 0.3 is 18.2 Å². The Labute approximate surface area is 156 Å². The van der Waals surface area contributed by atoms with E-state index in [0.29, 0.717) is 31.7 Å². The van der Waals surface area contributed by atoms with Crippen molar-refractivity contribution in [2.24, 2.45) is 0 Å². The molecule has 0 aromatic heterocycles. The van der Waals surface area contributed by atoms with Gasteiger partial charge in [0.25, 0.3) is 0 Å². The quantitative estimate of drug-likeness (QED) is 0.866. The van der Waals surface area contributed by atoms with Gasteiger partial charge in [-0.2, -0.15) is 13.2 Å². The maximum Gasteiger partial charge on any atom is 0.471 e. The number of rotatable bonds is 3. The summed E-state index contributed by atoms with van der Waals surface area (Å²) >= 11 is 0. The van der Waals surface area contributed by atoms with Crippen molar-refractivity contribution in [3.8, 4) is 0 Å². The van der Waals surface area contributed by atoms with Crippen LogP contribution in [-0.4, -0.2) is 54.9 Å². The van der Waals surface area contributed by atoms with Crippen molar-refractivity contribution in [2.75, 3.05) is 31.1 Å². The number of hydrogen-bond acceptors (Lipinski definition) is 4. The minimum Gasteiger partial charge on any atom is -0.444 e. The van der Waals surface area contributed by atoms with Gasteiger partial charge in [0.05, 0.1) is 0 Å². The molecule has 0 unspecified atom stereocenters. The van der Waals surface area contributed by atoms with Crippen LogP contribution < -0.4 is 10.2 Å². The van der Waals surface area contributed by atoms with Crippen molar-refractivity contribution in [1.82, 2.24) is 10.2 Å². The Morgan fingerprint density at radius 1 is 1.04 bits per heavy atom. The molecule has 6 nitrogen and oxygen atoms in total. The van der Waals surface area contributed by atoms with E-state index in [-0.39, 0.29) is 12.6 Å². The zero-order valence-corrected chi connectivity index (χ0v) is 15.6. The number of carbonyl (C=O) groups is 2. The number of carbonyl (C=O) groups excluding carboxylic acids is 2. The van der Waals surface area contributed by atoms with Crippen LogP contribution in [0.1, 0.15) is 26.3 Å². The van der Waals surface area contributed by atoms with Crippen LogP contribution >= 0.6 is 0 Å². The lowest BCUT2D eigenvalue weighted by Gasteiger charge is -2.36. The summed E-state index contributed by atoms with van der Waals surface area (Å²) in [5.41, 5.74) is 0.944. The van der Waals surface area contributed by atoms with E-state index >= 15 is 0 Å². The predicted octanol–water partition coefficient (Wildman–Crippen LogP) is 2.92. The third kappa shape index (κ3) is 6.33. The van der Waals surface area contributed by atoms with Gasteiger partial charge in [-0.1, -0.05) is 12.1 Å². The van der Waals surface area contributed by atoms with Gasteiger partial charge in [-0.15, -0.1) is 0 Å². The first-order valence-electron chi connectivity index (χ1n) is 8.62. The van der Waals surface area contributed by atoms with E-state index in [2.05, 4.69) is 4.90 Å². The molecule has 1 heterocycles. The molecule has 0 radical (unpaired) electrons. The van der Waals surface area contributed by atoms with Gasteiger partial charge in [0.2, 0.25) is 0 Å². The highest BCUT2D eigenvalue weighted by Crippen LogP contribution is 2.19. The second-order valence-electron chi connectivity index (χ2n) is 7.30. The molecule has 1 aromatic rings. The Morgan fingerprint density at radius 2 is 1.59 bits per heavy atom. The van der Waals surface area contributed by atoms with E-state index in [0.717, 1.165) is 5.69 Å². The van der Waals surface area contributed by atoms with Gasteiger partial charge in [-0.05, 0) is 38.5 Å². The first-order valence-corrected chi connectivity index (χ1v) is 8.62. The summed E-state index contributed by atoms with van der Waals surface area (Å²) in [4.78, 5) is 26.6. The van der Waals surface area contributed by atoms with Crippen molar-refractivity contribution in [1.29, 1.82) is 0 Å². The van der Waals surface area contributed by atoms with E-state index in [1.807, 2.05) is 26.1 Å². The summed E-state index contributed by atoms with van der Waals surface area (Å²) < 4.78 is 41.9. The Bertz CT molecular complexity index is 661. The van der Waals surface area contributed by atoms with E-state index < -0.39 is 17.7 Å². The molecule has 1 fully saturated rings. The molecule has 1 N–H and O–H groups in total. The van der Waals surface area contributed by atoms with Gasteiger partial charge in [-0.3, -0.25) is 4.79 Å². The molecular weight excluding hydrogens is 363 g/mol. The van der Waals surface area contributed by atoms with E-state index in [1.165, 1.54) is 0 Å². The Balaban J connectivity index is 1.85. The first kappa shape index (κ1) is 20.9. The topological polar surface area (TPSA) is 61.9 Å². The van der Waals surface area contributed by atoms with Crippen molar-refractivity contribution < 1.29 is 27.5 Å². The molecular formula is C18H24F3N3O3. The molecule has 2 amide bonds. The molecule has 0 spiro atoms. The monoisotopic (exact) mass is 387 g/mol. The van der Waals surface area contributed by atoms with Crippen LogP contribution in [0.4, 0.5) is 23.7 Å². The Hall–Kier alpha value is -2.45. The minimum absolute atomic E-state index is 0.189. The van der Waals surface area contributed by atoms with Crippen LogP contribution in [0.15, 0.2) is 24.3 Å². The molecule has 0 saturated carbocycles. The van der Waals surface area contributed by atoms with Gasteiger partial charge in [0.1, 0.15) is 5.60 Å². The number of anilines is 1. The van der Waals surface area contributed by atoms with Gasteiger partial charge in [-0.25, -0.2) is 4.79 Å². The molecule has 2 rings (SSSR count). The van der Waals surface area contributed by atoms with Gasteiger partial charge < -0.3 is 19.9 Å². The molecule has 1 aromatic carbocycles. The molecule has 1 saturated heterocycles. The number of ether oxygens (including phenoxy) is 1. The molecule has 27 heavy (non-hydrogen) atoms. The number of nitrogens with one attached hydrogen (secondary N) is 1. The third-order valence-electron chi connectivity index (χ3n) is 3.94. The average Bonchev–Trinajstić information content (AvgIpc) is 2.58. The molecule has 9 heteroatoms. The highest BCUT2D eigenvalue weighted by Gasteiger charge is 2.38. The fraction of sp³-hybridized carbons (Fsp3) is 0.556. The van der Waals surface area contributed by atoms with Crippen LogP contribution in [-0.2, 0) is 16.1 Å². The lowest BCUT2D eigenvalue weighted by atomic mass is 10.1. The summed E-state index contributed by atoms with van der Waals surface area (Å²) in [7, 11) is 0. The molecule has 150 valence electrons. The fourth-order valence-electron chi connectivity index (χ4n) is 2.58. The van der Waals surface area contributed by atoms with Crippen LogP contribution in [0.3, 0.4) is 0 Å². The number of benzene rings is 1. The first-order chi connectivity index (χ1) is 12.5. The minimum atomic E-state index is -4.88. The normalized spacial score (nSPS) is 15.5. The molecule has 1 aliphatic heterocycles. The maximum atomic E-state index is 12.2. The van der Waals surface area contributed by atoms with E-state index in [9.17, 15) is 22.8 Å². The molecule has 1 aliphatic rings. The van der Waals surface area contributed by atoms with Crippen molar-refractivity contribution in [3.05, 3.63) is 29.8 Å². The maximum absolute atomic E-state index is 12.2. The number of amides is 2. The van der Waals surface area contributed by atoms with Crippen LogP contribution in [0.5, 0.6) is 0 Å². The van der Waals surface area contributed by atoms with Crippen LogP contribution in [0.2, 0.25) is 0 Å². The lowest BCUT2D eigenvalue weighted by molar-refractivity contribution is -0.173. The Kier molecular flexibility index (Phi) is 6.22. The smallest absolute Gasteiger partial charge is 0.444 e. The standard InChI is InChI=1S/C18H24F3N3O3/c1-17(2,3)27-16(26)24-10-8-23(9-11-24)14-6-4-13(5-7-14)12-22-15(25)18(19,20)21/h4-7H,8-12H2,1-3H3,(H,22,25). The molecule has 0 aliphatic carbocycles. The fourth-order valence-corrected chi connectivity index (χ4v) is 2.58. The second-order valence-corrected chi connectivity index (χ2v) is 7.30. The number of hydrogen-bond donors (Lipinski definition) is 1. The average molecular weight is 387 g/mol. The van der Waals surface area contributed by atoms with Gasteiger partial charge in [0, 0.05) is 38.4 Å². The van der Waals surface area contributed by atoms with E-state index in [1.54, 1.807) is 29.2 Å². The van der Waals surface area contributed by atoms with Crippen molar-refractivity contribution in [2.45, 2.75) is 39.1 Å². The van der Waals surface area contributed by atoms with Crippen LogP contribution in [0.25, 0.3) is 0 Å². The number of halogens is 3. The highest BCUT2D eigenvalue weighted by atomic mass is 19.4. The molecule has 0 bridgehead atoms. The van der Waals surface area contributed by atoms with Gasteiger partial charge in [0.15, 0.2) is 0 Å². The van der Waals surface area contributed by atoms with E-state index in [4.69, 9.17) is 4.74 Å². The Morgan fingerprint density at radius 3 is 2.07 bits per heavy atom. The summed E-state index contributed by atoms with van der Waals surface area (Å²) in [5.74, 6) is -1.95. The van der Waals surface area contributed by atoms with Crippen molar-refractivity contribution in [3.63, 3.8) is 0 Å². The third-order valence-corrected chi connectivity index (χ3v) is 3.94. The number of alkyl halides is 3.